The molecule has 4 nitrogen and oxygen atoms in total. The summed E-state index contributed by atoms with van der Waals surface area (Å²) in [4.78, 5) is 27.8. The van der Waals surface area contributed by atoms with E-state index in [0.29, 0.717) is 11.5 Å². The number of carbonyl (C=O) groups is 2. The summed E-state index contributed by atoms with van der Waals surface area (Å²) in [6.45, 7) is 8.73. The molecule has 2 amide bonds. The number of hydrogen-bond donors (Lipinski definition) is 2. The molecular weight excluding hydrogens is 569 g/mol. The highest BCUT2D eigenvalue weighted by molar-refractivity contribution is 8.00. The van der Waals surface area contributed by atoms with Crippen LogP contribution in [-0.4, -0.2) is 23.3 Å². The van der Waals surface area contributed by atoms with Gasteiger partial charge in [0.05, 0.1) is 11.5 Å². The molecular formula is C37H42N2O2S2. The Morgan fingerprint density at radius 3 is 1.16 bits per heavy atom. The summed E-state index contributed by atoms with van der Waals surface area (Å²) < 4.78 is 0. The van der Waals surface area contributed by atoms with E-state index in [1.54, 1.807) is 23.5 Å². The summed E-state index contributed by atoms with van der Waals surface area (Å²) >= 11 is 3.10. The van der Waals surface area contributed by atoms with Crippen LogP contribution in [0.2, 0.25) is 0 Å². The Kier molecular flexibility index (Phi) is 12.4. The molecule has 0 aromatic heterocycles. The molecule has 4 aromatic carbocycles. The highest BCUT2D eigenvalue weighted by Crippen LogP contribution is 2.31. The van der Waals surface area contributed by atoms with Crippen molar-refractivity contribution >= 4 is 46.7 Å². The molecule has 0 saturated heterocycles. The zero-order valence-corrected chi connectivity index (χ0v) is 27.3. The molecule has 2 N–H and O–H groups in total. The average molecular weight is 611 g/mol. The van der Waals surface area contributed by atoms with Gasteiger partial charge in [0.2, 0.25) is 11.8 Å². The standard InChI is InChI=1S/C37H42N2O2S2/c1-5-26-19-30(38-36(40)24-42-32-15-11-9-12-16-32)20-27(6-2)34(26)23-35-28(7-3)21-31(22-29(35)8-4)39-37(41)25-43-33-17-13-10-14-18-33/h9-22H,5-8,23-25H2,1-4H3,(H,38,40)(H,39,41). The first-order chi connectivity index (χ1) is 20.9. The molecule has 0 atom stereocenters. The van der Waals surface area contributed by atoms with Crippen molar-refractivity contribution in [3.63, 3.8) is 0 Å². The molecule has 0 radical (unpaired) electrons. The van der Waals surface area contributed by atoms with Crippen LogP contribution < -0.4 is 10.6 Å². The number of thioether (sulfide) groups is 2. The lowest BCUT2D eigenvalue weighted by atomic mass is 9.86. The van der Waals surface area contributed by atoms with Crippen molar-refractivity contribution in [2.45, 2.75) is 69.6 Å². The van der Waals surface area contributed by atoms with Crippen LogP contribution in [0.5, 0.6) is 0 Å². The molecule has 0 fully saturated rings. The highest BCUT2D eigenvalue weighted by atomic mass is 32.2. The van der Waals surface area contributed by atoms with E-state index in [9.17, 15) is 9.59 Å². The van der Waals surface area contributed by atoms with E-state index >= 15 is 0 Å². The fourth-order valence-corrected chi connectivity index (χ4v) is 6.80. The fourth-order valence-electron chi connectivity index (χ4n) is 5.36. The Morgan fingerprint density at radius 1 is 0.535 bits per heavy atom. The molecule has 224 valence electrons. The molecule has 43 heavy (non-hydrogen) atoms. The van der Waals surface area contributed by atoms with Gasteiger partial charge < -0.3 is 10.6 Å². The molecule has 0 aliphatic heterocycles. The summed E-state index contributed by atoms with van der Waals surface area (Å²) in [7, 11) is 0. The van der Waals surface area contributed by atoms with Gasteiger partial charge in [0.1, 0.15) is 0 Å². The van der Waals surface area contributed by atoms with Crippen LogP contribution in [0, 0.1) is 0 Å². The van der Waals surface area contributed by atoms with Crippen LogP contribution in [0.4, 0.5) is 11.4 Å². The molecule has 0 spiro atoms. The van der Waals surface area contributed by atoms with Crippen molar-refractivity contribution < 1.29 is 9.59 Å². The lowest BCUT2D eigenvalue weighted by Crippen LogP contribution is -2.16. The maximum atomic E-state index is 12.8. The second kappa shape index (κ2) is 16.4. The van der Waals surface area contributed by atoms with Gasteiger partial charge in [-0.1, -0.05) is 64.1 Å². The van der Waals surface area contributed by atoms with Gasteiger partial charge in [0, 0.05) is 21.2 Å². The third kappa shape index (κ3) is 9.25. The first-order valence-corrected chi connectivity index (χ1v) is 17.2. The number of anilines is 2. The van der Waals surface area contributed by atoms with Crippen molar-refractivity contribution in [3.8, 4) is 0 Å². The number of hydrogen-bond acceptors (Lipinski definition) is 4. The van der Waals surface area contributed by atoms with E-state index in [1.165, 1.54) is 33.4 Å². The minimum atomic E-state index is 0.00653. The maximum absolute atomic E-state index is 12.8. The van der Waals surface area contributed by atoms with Gasteiger partial charge in [-0.2, -0.15) is 0 Å². The molecule has 0 unspecified atom stereocenters. The van der Waals surface area contributed by atoms with Gasteiger partial charge in [0.25, 0.3) is 0 Å². The molecule has 0 aliphatic carbocycles. The summed E-state index contributed by atoms with van der Waals surface area (Å²) in [5.41, 5.74) is 9.51. The summed E-state index contributed by atoms with van der Waals surface area (Å²) in [6, 6.07) is 28.6. The molecule has 0 bridgehead atoms. The smallest absolute Gasteiger partial charge is 0.234 e. The number of amides is 2. The molecule has 4 aromatic rings. The second-order valence-corrected chi connectivity index (χ2v) is 12.5. The van der Waals surface area contributed by atoms with Crippen molar-refractivity contribution in [3.05, 3.63) is 118 Å². The van der Waals surface area contributed by atoms with Gasteiger partial charge in [-0.25, -0.2) is 0 Å². The molecule has 0 aliphatic rings. The van der Waals surface area contributed by atoms with Crippen molar-refractivity contribution in [2.75, 3.05) is 22.1 Å². The minimum Gasteiger partial charge on any atom is -0.325 e. The van der Waals surface area contributed by atoms with Crippen LogP contribution in [0.15, 0.2) is 94.7 Å². The Balaban J connectivity index is 1.51. The topological polar surface area (TPSA) is 58.2 Å². The predicted octanol–water partition coefficient (Wildman–Crippen LogP) is 8.99. The van der Waals surface area contributed by atoms with E-state index < -0.39 is 0 Å². The number of benzene rings is 4. The Hall–Kier alpha value is -3.48. The van der Waals surface area contributed by atoms with Crippen LogP contribution in [0.25, 0.3) is 0 Å². The SMILES string of the molecule is CCc1cc(NC(=O)CSc2ccccc2)cc(CC)c1Cc1c(CC)cc(NC(=O)CSc2ccccc2)cc1CC. The largest absolute Gasteiger partial charge is 0.325 e. The third-order valence-electron chi connectivity index (χ3n) is 7.54. The fraction of sp³-hybridized carbons (Fsp3) is 0.297. The minimum absolute atomic E-state index is 0.00653. The van der Waals surface area contributed by atoms with Crippen molar-refractivity contribution in [1.82, 2.24) is 0 Å². The van der Waals surface area contributed by atoms with Gasteiger partial charge >= 0.3 is 0 Å². The van der Waals surface area contributed by atoms with E-state index in [1.807, 2.05) is 60.7 Å². The van der Waals surface area contributed by atoms with Gasteiger partial charge in [-0.3, -0.25) is 9.59 Å². The van der Waals surface area contributed by atoms with Gasteiger partial charge in [0.15, 0.2) is 0 Å². The van der Waals surface area contributed by atoms with Crippen LogP contribution in [-0.2, 0) is 41.7 Å². The first-order valence-electron chi connectivity index (χ1n) is 15.2. The van der Waals surface area contributed by atoms with E-state index in [-0.39, 0.29) is 11.8 Å². The molecule has 0 saturated carbocycles. The number of rotatable bonds is 14. The van der Waals surface area contributed by atoms with Crippen LogP contribution in [0.3, 0.4) is 0 Å². The first kappa shape index (κ1) is 32.4. The predicted molar refractivity (Wildman–Crippen MR) is 185 cm³/mol. The lowest BCUT2D eigenvalue weighted by molar-refractivity contribution is -0.114. The number of carbonyl (C=O) groups excluding carboxylic acids is 2. The number of aryl methyl sites for hydroxylation is 4. The Bertz CT molecular complexity index is 1360. The average Bonchev–Trinajstić information content (AvgIpc) is 3.04. The molecule has 6 heteroatoms. The third-order valence-corrected chi connectivity index (χ3v) is 9.56. The van der Waals surface area contributed by atoms with Gasteiger partial charge in [-0.15, -0.1) is 23.5 Å². The Morgan fingerprint density at radius 2 is 0.860 bits per heavy atom. The Labute approximate surface area is 265 Å². The van der Waals surface area contributed by atoms with Crippen molar-refractivity contribution in [1.29, 1.82) is 0 Å². The normalized spacial score (nSPS) is 10.9. The monoisotopic (exact) mass is 610 g/mol. The zero-order chi connectivity index (χ0) is 30.6. The van der Waals surface area contributed by atoms with Gasteiger partial charge in [-0.05, 0) is 114 Å². The zero-order valence-electron chi connectivity index (χ0n) is 25.7. The summed E-state index contributed by atoms with van der Waals surface area (Å²) in [6.07, 6.45) is 4.40. The molecule has 4 rings (SSSR count). The van der Waals surface area contributed by atoms with E-state index in [0.717, 1.165) is 53.3 Å². The highest BCUT2D eigenvalue weighted by Gasteiger charge is 2.17. The lowest BCUT2D eigenvalue weighted by Gasteiger charge is -2.21. The maximum Gasteiger partial charge on any atom is 0.234 e. The van der Waals surface area contributed by atoms with Crippen molar-refractivity contribution in [2.24, 2.45) is 0 Å². The van der Waals surface area contributed by atoms with E-state index in [4.69, 9.17) is 0 Å². The van der Waals surface area contributed by atoms with Crippen LogP contribution >= 0.6 is 23.5 Å². The quantitative estimate of drug-likeness (QED) is 0.140. The van der Waals surface area contributed by atoms with Crippen LogP contribution in [0.1, 0.15) is 61.1 Å². The van der Waals surface area contributed by atoms with E-state index in [2.05, 4.69) is 62.6 Å². The molecule has 0 heterocycles. The summed E-state index contributed by atoms with van der Waals surface area (Å²) in [5, 5.41) is 6.28. The number of nitrogens with one attached hydrogen (secondary N) is 2. The summed E-state index contributed by atoms with van der Waals surface area (Å²) in [5.74, 6) is 0.767. The second-order valence-electron chi connectivity index (χ2n) is 10.4.